The predicted octanol–water partition coefficient (Wildman–Crippen LogP) is 6.14. The van der Waals surface area contributed by atoms with E-state index < -0.39 is 12.0 Å². The van der Waals surface area contributed by atoms with Gasteiger partial charge in [-0.1, -0.05) is 91.0 Å². The van der Waals surface area contributed by atoms with Gasteiger partial charge >= 0.3 is 5.97 Å². The first-order valence-electron chi connectivity index (χ1n) is 12.7. The molecule has 0 aromatic heterocycles. The van der Waals surface area contributed by atoms with Crippen LogP contribution in [0.4, 0.5) is 5.69 Å². The van der Waals surface area contributed by atoms with E-state index in [0.717, 1.165) is 24.9 Å². The predicted molar refractivity (Wildman–Crippen MR) is 147 cm³/mol. The van der Waals surface area contributed by atoms with Crippen LogP contribution in [-0.4, -0.2) is 46.2 Å². The summed E-state index contributed by atoms with van der Waals surface area (Å²) in [6, 6.07) is 25.7. The molecule has 3 aromatic carbocycles. The second-order valence-corrected chi connectivity index (χ2v) is 9.15. The molecule has 1 saturated heterocycles. The molecule has 0 unspecified atom stereocenters. The molecule has 1 amide bonds. The number of likely N-dealkylation sites (tertiary alicyclic amines) is 1. The van der Waals surface area contributed by atoms with Crippen LogP contribution in [0.25, 0.3) is 5.32 Å². The normalized spacial score (nSPS) is 16.3. The van der Waals surface area contributed by atoms with Gasteiger partial charge in [-0.05, 0) is 43.4 Å². The summed E-state index contributed by atoms with van der Waals surface area (Å²) in [6.45, 7) is 5.26. The van der Waals surface area contributed by atoms with Gasteiger partial charge in [-0.15, -0.1) is 12.3 Å². The summed E-state index contributed by atoms with van der Waals surface area (Å²) >= 11 is 0. The van der Waals surface area contributed by atoms with Crippen molar-refractivity contribution in [2.24, 2.45) is 4.99 Å². The molecule has 1 N–H and O–H groups in total. The van der Waals surface area contributed by atoms with E-state index >= 15 is 0 Å². The van der Waals surface area contributed by atoms with Gasteiger partial charge in [0.05, 0.1) is 17.7 Å². The number of nitrogens with zero attached hydrogens (tertiary/aromatic N) is 3. The molecular weight excluding hydrogens is 521 g/mol. The SMILES string of the molecule is C=CCC[C@H](N=C(c1ccccc1)c1ccccc1[N-]C(=O)[C@@H]1CCCN1Cc1ccccc1)C(=O)O.[Ni]. The number of hydrogen-bond donors (Lipinski definition) is 1. The van der Waals surface area contributed by atoms with Gasteiger partial charge in [-0.2, -0.15) is 0 Å². The van der Waals surface area contributed by atoms with Gasteiger partial charge in [0.15, 0.2) is 0 Å². The van der Waals surface area contributed by atoms with E-state index in [9.17, 15) is 14.7 Å². The number of para-hydroxylation sites is 1. The van der Waals surface area contributed by atoms with Crippen molar-refractivity contribution in [2.75, 3.05) is 6.54 Å². The molecule has 0 radical (unpaired) electrons. The van der Waals surface area contributed by atoms with Crippen LogP contribution in [0.3, 0.4) is 0 Å². The zero-order valence-corrected chi connectivity index (χ0v) is 22.2. The van der Waals surface area contributed by atoms with Crippen molar-refractivity contribution >= 4 is 23.3 Å². The summed E-state index contributed by atoms with van der Waals surface area (Å²) < 4.78 is 0. The minimum atomic E-state index is -0.997. The number of carbonyl (C=O) groups excluding carboxylic acids is 1. The van der Waals surface area contributed by atoms with E-state index in [4.69, 9.17) is 0 Å². The van der Waals surface area contributed by atoms with E-state index in [2.05, 4.69) is 33.9 Å². The third kappa shape index (κ3) is 7.50. The number of benzene rings is 3. The van der Waals surface area contributed by atoms with Gasteiger partial charge in [0.1, 0.15) is 6.04 Å². The van der Waals surface area contributed by atoms with Crippen LogP contribution in [-0.2, 0) is 32.6 Å². The Hall–Kier alpha value is -3.54. The first-order valence-corrected chi connectivity index (χ1v) is 12.7. The van der Waals surface area contributed by atoms with Crippen LogP contribution >= 0.6 is 0 Å². The first-order chi connectivity index (χ1) is 18.1. The van der Waals surface area contributed by atoms with Crippen LogP contribution in [0.5, 0.6) is 0 Å². The molecule has 1 fully saturated rings. The number of carboxylic acids is 1. The maximum Gasteiger partial charge on any atom is 0.328 e. The van der Waals surface area contributed by atoms with E-state index in [1.807, 2.05) is 66.7 Å². The fourth-order valence-electron chi connectivity index (χ4n) is 4.65. The molecule has 0 saturated carbocycles. The number of hydrogen-bond acceptors (Lipinski definition) is 4. The van der Waals surface area contributed by atoms with Crippen LogP contribution in [0, 0.1) is 0 Å². The second-order valence-electron chi connectivity index (χ2n) is 9.15. The molecule has 3 aromatic rings. The zero-order chi connectivity index (χ0) is 26.0. The van der Waals surface area contributed by atoms with Crippen molar-refractivity contribution in [3.63, 3.8) is 0 Å². The van der Waals surface area contributed by atoms with Gasteiger partial charge in [0, 0.05) is 28.6 Å². The van der Waals surface area contributed by atoms with Gasteiger partial charge in [0.2, 0.25) is 0 Å². The van der Waals surface area contributed by atoms with Crippen molar-refractivity contribution in [3.05, 3.63) is 120 Å². The van der Waals surface area contributed by atoms with Crippen LogP contribution in [0.1, 0.15) is 42.4 Å². The third-order valence-electron chi connectivity index (χ3n) is 6.53. The molecule has 200 valence electrons. The van der Waals surface area contributed by atoms with E-state index in [0.29, 0.717) is 36.3 Å². The monoisotopic (exact) mass is 552 g/mol. The van der Waals surface area contributed by atoms with Gasteiger partial charge < -0.3 is 15.2 Å². The summed E-state index contributed by atoms with van der Waals surface area (Å²) in [4.78, 5) is 32.3. The average Bonchev–Trinajstić information content (AvgIpc) is 3.38. The minimum absolute atomic E-state index is 0. The number of aliphatic carboxylic acids is 1. The maximum absolute atomic E-state index is 13.4. The van der Waals surface area contributed by atoms with Crippen molar-refractivity contribution in [1.29, 1.82) is 0 Å². The van der Waals surface area contributed by atoms with Crippen LogP contribution < -0.4 is 0 Å². The molecule has 6 nitrogen and oxygen atoms in total. The number of carbonyl (C=O) groups is 2. The van der Waals surface area contributed by atoms with Crippen molar-refractivity contribution in [2.45, 2.75) is 44.3 Å². The van der Waals surface area contributed by atoms with Gasteiger partial charge in [0.25, 0.3) is 0 Å². The Kier molecular flexibility index (Phi) is 11.0. The molecule has 1 aliphatic rings. The largest absolute Gasteiger partial charge is 0.625 e. The average molecular weight is 553 g/mol. The quantitative estimate of drug-likeness (QED) is 0.176. The topological polar surface area (TPSA) is 84.1 Å². The maximum atomic E-state index is 13.4. The smallest absolute Gasteiger partial charge is 0.328 e. The van der Waals surface area contributed by atoms with Crippen LogP contribution in [0.15, 0.2) is 103 Å². The Balaban J connectivity index is 0.00000400. The standard InChI is InChI=1S/C31H33N3O3.Ni/c1-2-3-18-27(31(36)37)32-29(24-15-8-5-9-16-24)25-17-10-11-19-26(25)33-30(35)28-20-12-21-34(28)22-23-13-6-4-7-14-23;/h2,4-11,13-17,19,27-28H,1,3,12,18,20-22H2,(H2,32,33,35,36,37);/p-1/t27-,28-;/m0./s1. The molecule has 0 spiro atoms. The molecular formula is C31H32N3NiO3-. The van der Waals surface area contributed by atoms with E-state index in [1.54, 1.807) is 12.1 Å². The fraction of sp³-hybridized carbons (Fsp3) is 0.258. The molecule has 2 atom stereocenters. The summed E-state index contributed by atoms with van der Waals surface area (Å²) in [6.07, 6.45) is 4.27. The van der Waals surface area contributed by atoms with Crippen molar-refractivity contribution < 1.29 is 31.2 Å². The number of carboxylic acid groups (broad SMARTS) is 1. The summed E-state index contributed by atoms with van der Waals surface area (Å²) in [5, 5.41) is 14.4. The van der Waals surface area contributed by atoms with Gasteiger partial charge in [-0.25, -0.2) is 4.79 Å². The molecule has 38 heavy (non-hydrogen) atoms. The Morgan fingerprint density at radius 1 is 1.03 bits per heavy atom. The molecule has 0 bridgehead atoms. The molecule has 7 heteroatoms. The Morgan fingerprint density at radius 2 is 1.68 bits per heavy atom. The number of amides is 1. The van der Waals surface area contributed by atoms with Crippen molar-refractivity contribution in [1.82, 2.24) is 4.90 Å². The second kappa shape index (κ2) is 14.4. The molecule has 1 aliphatic heterocycles. The summed E-state index contributed by atoms with van der Waals surface area (Å²) in [7, 11) is 0. The summed E-state index contributed by atoms with van der Waals surface area (Å²) in [5.41, 5.74) is 3.58. The number of allylic oxidation sites excluding steroid dienone is 1. The molecule has 1 heterocycles. The Labute approximate surface area is 234 Å². The van der Waals surface area contributed by atoms with E-state index in [1.165, 1.54) is 5.56 Å². The minimum Gasteiger partial charge on any atom is -0.625 e. The zero-order valence-electron chi connectivity index (χ0n) is 21.2. The number of aliphatic imine (C=N–C) groups is 1. The molecule has 4 rings (SSSR count). The Morgan fingerprint density at radius 3 is 2.37 bits per heavy atom. The van der Waals surface area contributed by atoms with E-state index in [-0.39, 0.29) is 28.4 Å². The van der Waals surface area contributed by atoms with Crippen LogP contribution in [0.2, 0.25) is 0 Å². The fourth-order valence-corrected chi connectivity index (χ4v) is 4.65. The number of rotatable bonds is 11. The summed E-state index contributed by atoms with van der Waals surface area (Å²) in [5.74, 6) is -1.18. The van der Waals surface area contributed by atoms with Gasteiger partial charge in [-0.3, -0.25) is 9.89 Å². The van der Waals surface area contributed by atoms with Crippen molar-refractivity contribution in [3.8, 4) is 0 Å². The Bertz CT molecular complexity index is 1250. The molecule has 0 aliphatic carbocycles. The third-order valence-corrected chi connectivity index (χ3v) is 6.53. The first kappa shape index (κ1) is 29.0.